The average Bonchev–Trinajstić information content (AvgIpc) is 2.50. The van der Waals surface area contributed by atoms with Crippen LogP contribution in [0.2, 0.25) is 10.0 Å². The molecule has 3 nitrogen and oxygen atoms in total. The van der Waals surface area contributed by atoms with Crippen molar-refractivity contribution >= 4 is 29.1 Å². The quantitative estimate of drug-likeness (QED) is 0.879. The summed E-state index contributed by atoms with van der Waals surface area (Å²) in [6.07, 6.45) is 0.782. The minimum atomic E-state index is -0.193. The molecule has 0 atom stereocenters. The molecule has 5 heteroatoms. The summed E-state index contributed by atoms with van der Waals surface area (Å²) in [5.41, 5.74) is 1.18. The molecule has 21 heavy (non-hydrogen) atoms. The second kappa shape index (κ2) is 7.91. The van der Waals surface area contributed by atoms with Crippen LogP contribution in [0.3, 0.4) is 0 Å². The zero-order valence-electron chi connectivity index (χ0n) is 11.3. The summed E-state index contributed by atoms with van der Waals surface area (Å²) in [6.45, 7) is 0.477. The van der Waals surface area contributed by atoms with Gasteiger partial charge in [-0.25, -0.2) is 0 Å². The van der Waals surface area contributed by atoms with Crippen LogP contribution in [-0.4, -0.2) is 19.1 Å². The molecule has 0 radical (unpaired) electrons. The molecular weight excluding hydrogens is 309 g/mol. The monoisotopic (exact) mass is 323 g/mol. The highest BCUT2D eigenvalue weighted by atomic mass is 35.5. The molecule has 0 spiro atoms. The SMILES string of the molecule is O=C(COc1cccc(Cl)c1Cl)NCCc1ccccc1. The third-order valence-electron chi connectivity index (χ3n) is 2.85. The van der Waals surface area contributed by atoms with Crippen molar-refractivity contribution in [2.75, 3.05) is 13.2 Å². The molecular formula is C16H15Cl2NO2. The Morgan fingerprint density at radius 2 is 1.81 bits per heavy atom. The Kier molecular flexibility index (Phi) is 5.90. The van der Waals surface area contributed by atoms with Crippen molar-refractivity contribution in [1.29, 1.82) is 0 Å². The molecule has 0 fully saturated rings. The van der Waals surface area contributed by atoms with Crippen LogP contribution in [0.25, 0.3) is 0 Å². The average molecular weight is 324 g/mol. The van der Waals surface area contributed by atoms with Crippen LogP contribution >= 0.6 is 23.2 Å². The van der Waals surface area contributed by atoms with Gasteiger partial charge >= 0.3 is 0 Å². The van der Waals surface area contributed by atoms with Gasteiger partial charge in [-0.15, -0.1) is 0 Å². The minimum absolute atomic E-state index is 0.0884. The maximum absolute atomic E-state index is 11.7. The maximum Gasteiger partial charge on any atom is 0.257 e. The number of hydrogen-bond donors (Lipinski definition) is 1. The second-order valence-electron chi connectivity index (χ2n) is 4.43. The van der Waals surface area contributed by atoms with E-state index in [4.69, 9.17) is 27.9 Å². The third-order valence-corrected chi connectivity index (χ3v) is 3.66. The topological polar surface area (TPSA) is 38.3 Å². The zero-order chi connectivity index (χ0) is 15.1. The Bertz CT molecular complexity index is 602. The molecule has 110 valence electrons. The lowest BCUT2D eigenvalue weighted by Crippen LogP contribution is -2.30. The highest BCUT2D eigenvalue weighted by Crippen LogP contribution is 2.31. The molecule has 0 aliphatic rings. The van der Waals surface area contributed by atoms with E-state index in [2.05, 4.69) is 5.32 Å². The van der Waals surface area contributed by atoms with Gasteiger partial charge < -0.3 is 10.1 Å². The number of rotatable bonds is 6. The van der Waals surface area contributed by atoms with Crippen LogP contribution in [0, 0.1) is 0 Å². The van der Waals surface area contributed by atoms with E-state index < -0.39 is 0 Å². The Hall–Kier alpha value is -1.71. The van der Waals surface area contributed by atoms with Crippen LogP contribution in [0.1, 0.15) is 5.56 Å². The molecule has 2 rings (SSSR count). The Morgan fingerprint density at radius 3 is 2.57 bits per heavy atom. The van der Waals surface area contributed by atoms with Crippen LogP contribution < -0.4 is 10.1 Å². The first-order valence-electron chi connectivity index (χ1n) is 6.54. The number of hydrogen-bond acceptors (Lipinski definition) is 2. The standard InChI is InChI=1S/C16H15Cl2NO2/c17-13-7-4-8-14(16(13)18)21-11-15(20)19-10-9-12-5-2-1-3-6-12/h1-8H,9-11H2,(H,19,20). The van der Waals surface area contributed by atoms with E-state index in [0.717, 1.165) is 6.42 Å². The first-order chi connectivity index (χ1) is 10.2. The predicted octanol–water partition coefficient (Wildman–Crippen LogP) is 3.73. The van der Waals surface area contributed by atoms with E-state index in [1.807, 2.05) is 30.3 Å². The molecule has 0 aromatic heterocycles. The molecule has 1 N–H and O–H groups in total. The number of carbonyl (C=O) groups is 1. The largest absolute Gasteiger partial charge is 0.482 e. The predicted molar refractivity (Wildman–Crippen MR) is 85.1 cm³/mol. The van der Waals surface area contributed by atoms with Gasteiger partial charge in [-0.2, -0.15) is 0 Å². The van der Waals surface area contributed by atoms with E-state index in [0.29, 0.717) is 22.3 Å². The lowest BCUT2D eigenvalue weighted by atomic mass is 10.1. The number of halogens is 2. The van der Waals surface area contributed by atoms with Crippen LogP contribution in [-0.2, 0) is 11.2 Å². The van der Waals surface area contributed by atoms with Gasteiger partial charge in [-0.3, -0.25) is 4.79 Å². The fourth-order valence-corrected chi connectivity index (χ4v) is 2.13. The summed E-state index contributed by atoms with van der Waals surface area (Å²) >= 11 is 11.8. The first-order valence-corrected chi connectivity index (χ1v) is 7.30. The number of amides is 1. The fraction of sp³-hybridized carbons (Fsp3) is 0.188. The Morgan fingerprint density at radius 1 is 1.05 bits per heavy atom. The first kappa shape index (κ1) is 15.7. The number of ether oxygens (including phenoxy) is 1. The lowest BCUT2D eigenvalue weighted by molar-refractivity contribution is -0.123. The molecule has 2 aromatic rings. The van der Waals surface area contributed by atoms with Gasteiger partial charge in [-0.1, -0.05) is 59.6 Å². The molecule has 0 bridgehead atoms. The van der Waals surface area contributed by atoms with Crippen molar-refractivity contribution in [1.82, 2.24) is 5.32 Å². The summed E-state index contributed by atoms with van der Waals surface area (Å²) in [5, 5.41) is 3.51. The van der Waals surface area contributed by atoms with E-state index in [9.17, 15) is 4.79 Å². The van der Waals surface area contributed by atoms with Crippen LogP contribution in [0.5, 0.6) is 5.75 Å². The summed E-state index contributed by atoms with van der Waals surface area (Å²) < 4.78 is 5.35. The Labute approximate surface area is 133 Å². The number of nitrogens with one attached hydrogen (secondary N) is 1. The zero-order valence-corrected chi connectivity index (χ0v) is 12.8. The van der Waals surface area contributed by atoms with E-state index in [1.54, 1.807) is 18.2 Å². The van der Waals surface area contributed by atoms with Gasteiger partial charge in [0, 0.05) is 6.54 Å². The van der Waals surface area contributed by atoms with E-state index in [1.165, 1.54) is 5.56 Å². The fourth-order valence-electron chi connectivity index (χ4n) is 1.78. The molecule has 0 saturated carbocycles. The minimum Gasteiger partial charge on any atom is -0.482 e. The summed E-state index contributed by atoms with van der Waals surface area (Å²) in [6, 6.07) is 15.0. The number of benzene rings is 2. The van der Waals surface area contributed by atoms with Crippen molar-refractivity contribution in [3.63, 3.8) is 0 Å². The third kappa shape index (κ3) is 4.96. The Balaban J connectivity index is 1.74. The smallest absolute Gasteiger partial charge is 0.257 e. The summed E-state index contributed by atoms with van der Waals surface area (Å²) in [5.74, 6) is 0.212. The van der Waals surface area contributed by atoms with Gasteiger partial charge in [-0.05, 0) is 24.1 Å². The second-order valence-corrected chi connectivity index (χ2v) is 5.21. The molecule has 2 aromatic carbocycles. The van der Waals surface area contributed by atoms with Crippen molar-refractivity contribution in [2.24, 2.45) is 0 Å². The molecule has 1 amide bonds. The summed E-state index contributed by atoms with van der Waals surface area (Å²) in [7, 11) is 0. The lowest BCUT2D eigenvalue weighted by Gasteiger charge is -2.09. The highest BCUT2D eigenvalue weighted by Gasteiger charge is 2.07. The van der Waals surface area contributed by atoms with Gasteiger partial charge in [0.1, 0.15) is 10.8 Å². The molecule has 0 aliphatic heterocycles. The van der Waals surface area contributed by atoms with Gasteiger partial charge in [0.2, 0.25) is 0 Å². The highest BCUT2D eigenvalue weighted by molar-refractivity contribution is 6.42. The molecule has 0 saturated heterocycles. The summed E-state index contributed by atoms with van der Waals surface area (Å²) in [4.78, 5) is 11.7. The van der Waals surface area contributed by atoms with Gasteiger partial charge in [0.25, 0.3) is 5.91 Å². The van der Waals surface area contributed by atoms with Crippen LogP contribution in [0.15, 0.2) is 48.5 Å². The number of carbonyl (C=O) groups excluding carboxylic acids is 1. The normalized spacial score (nSPS) is 10.2. The van der Waals surface area contributed by atoms with Gasteiger partial charge in [0.05, 0.1) is 5.02 Å². The molecule has 0 unspecified atom stereocenters. The van der Waals surface area contributed by atoms with Crippen molar-refractivity contribution < 1.29 is 9.53 Å². The van der Waals surface area contributed by atoms with Crippen molar-refractivity contribution in [3.05, 3.63) is 64.1 Å². The van der Waals surface area contributed by atoms with E-state index >= 15 is 0 Å². The molecule has 0 heterocycles. The van der Waals surface area contributed by atoms with Crippen molar-refractivity contribution in [2.45, 2.75) is 6.42 Å². The van der Waals surface area contributed by atoms with E-state index in [-0.39, 0.29) is 12.5 Å². The molecule has 0 aliphatic carbocycles. The maximum atomic E-state index is 11.7. The van der Waals surface area contributed by atoms with Gasteiger partial charge in [0.15, 0.2) is 6.61 Å². The van der Waals surface area contributed by atoms with Crippen LogP contribution in [0.4, 0.5) is 0 Å². The van der Waals surface area contributed by atoms with Crippen molar-refractivity contribution in [3.8, 4) is 5.75 Å².